The molecule has 0 aromatic heterocycles. The van der Waals surface area contributed by atoms with Crippen molar-refractivity contribution in [2.75, 3.05) is 14.2 Å². The molecule has 0 saturated carbocycles. The van der Waals surface area contributed by atoms with Gasteiger partial charge >= 0.3 is 0 Å². The van der Waals surface area contributed by atoms with Crippen molar-refractivity contribution < 1.29 is 14.3 Å². The van der Waals surface area contributed by atoms with Crippen LogP contribution in [0.3, 0.4) is 0 Å². The number of carbonyl (C=O) groups excluding carboxylic acids is 1. The molecule has 1 atom stereocenters. The van der Waals surface area contributed by atoms with Gasteiger partial charge in [0.05, 0.1) is 20.1 Å². The normalized spacial score (nSPS) is 16.5. The van der Waals surface area contributed by atoms with Gasteiger partial charge in [-0.2, -0.15) is 0 Å². The molecular formula is C23H20O3. The fraction of sp³-hybridized carbons (Fsp3) is 0.174. The summed E-state index contributed by atoms with van der Waals surface area (Å²) in [6.07, 6.45) is 0.585. The van der Waals surface area contributed by atoms with Gasteiger partial charge in [-0.25, -0.2) is 0 Å². The van der Waals surface area contributed by atoms with Crippen molar-refractivity contribution in [2.24, 2.45) is 5.92 Å². The highest BCUT2D eigenvalue weighted by Crippen LogP contribution is 2.39. The van der Waals surface area contributed by atoms with E-state index in [1.807, 2.05) is 66.7 Å². The summed E-state index contributed by atoms with van der Waals surface area (Å²) in [5, 5.41) is 2.12. The minimum Gasteiger partial charge on any atom is -0.496 e. The van der Waals surface area contributed by atoms with Crippen LogP contribution in [-0.2, 0) is 15.9 Å². The molecule has 0 N–H and O–H groups in total. The maximum Gasteiger partial charge on any atom is 0.174 e. The Kier molecular flexibility index (Phi) is 4.21. The lowest BCUT2D eigenvalue weighted by atomic mass is 9.81. The van der Waals surface area contributed by atoms with E-state index in [1.54, 1.807) is 14.2 Å². The molecule has 26 heavy (non-hydrogen) atoms. The van der Waals surface area contributed by atoms with Gasteiger partial charge < -0.3 is 9.47 Å². The number of allylic oxidation sites excluding steroid dienone is 1. The van der Waals surface area contributed by atoms with Crippen LogP contribution in [0.4, 0.5) is 0 Å². The van der Waals surface area contributed by atoms with E-state index in [0.717, 1.165) is 21.9 Å². The Morgan fingerprint density at radius 3 is 2.04 bits per heavy atom. The van der Waals surface area contributed by atoms with Crippen molar-refractivity contribution in [1.29, 1.82) is 0 Å². The van der Waals surface area contributed by atoms with E-state index in [4.69, 9.17) is 9.47 Å². The zero-order valence-corrected chi connectivity index (χ0v) is 14.9. The Bertz CT molecular complexity index is 1000. The monoisotopic (exact) mass is 344 g/mol. The Morgan fingerprint density at radius 1 is 0.808 bits per heavy atom. The number of hydrogen-bond acceptors (Lipinski definition) is 3. The first-order chi connectivity index (χ1) is 12.7. The second-order valence-electron chi connectivity index (χ2n) is 6.45. The SMILES string of the molecule is COC1=C(OC)C(Cc2ccccc2)C(=O)c2cc3ccccc3cc21. The number of methoxy groups -OCH3 is 2. The molecule has 4 rings (SSSR count). The predicted octanol–water partition coefficient (Wildman–Crippen LogP) is 4.86. The number of carbonyl (C=O) groups is 1. The van der Waals surface area contributed by atoms with Gasteiger partial charge in [-0.3, -0.25) is 4.79 Å². The molecular weight excluding hydrogens is 324 g/mol. The minimum atomic E-state index is -0.383. The standard InChI is InChI=1S/C23H20O3/c1-25-22-19-14-17-11-7-6-10-16(17)13-18(19)21(24)20(23(22)26-2)12-15-8-4-3-5-9-15/h3-11,13-14,20H,12H2,1-2H3. The smallest absolute Gasteiger partial charge is 0.174 e. The van der Waals surface area contributed by atoms with Crippen LogP contribution in [0.2, 0.25) is 0 Å². The number of fused-ring (bicyclic) bond motifs is 2. The lowest BCUT2D eigenvalue weighted by Crippen LogP contribution is -2.27. The van der Waals surface area contributed by atoms with E-state index < -0.39 is 0 Å². The van der Waals surface area contributed by atoms with Crippen LogP contribution in [0, 0.1) is 5.92 Å². The second kappa shape index (κ2) is 6.68. The van der Waals surface area contributed by atoms with Crippen molar-refractivity contribution in [3.63, 3.8) is 0 Å². The maximum atomic E-state index is 13.3. The average Bonchev–Trinajstić information content (AvgIpc) is 2.69. The van der Waals surface area contributed by atoms with Gasteiger partial charge in [0.1, 0.15) is 5.76 Å². The molecule has 0 heterocycles. The summed E-state index contributed by atoms with van der Waals surface area (Å²) in [7, 11) is 3.23. The molecule has 3 aromatic carbocycles. The highest BCUT2D eigenvalue weighted by molar-refractivity contribution is 6.09. The molecule has 0 fully saturated rings. The number of Topliss-reactive ketones (excluding diaryl/α,β-unsaturated/α-hetero) is 1. The van der Waals surface area contributed by atoms with Crippen LogP contribution in [0.1, 0.15) is 21.5 Å². The number of ether oxygens (including phenoxy) is 2. The third kappa shape index (κ3) is 2.66. The van der Waals surface area contributed by atoms with Crippen LogP contribution in [0.5, 0.6) is 0 Å². The lowest BCUT2D eigenvalue weighted by Gasteiger charge is -2.28. The summed E-state index contributed by atoms with van der Waals surface area (Å²) in [4.78, 5) is 13.3. The molecule has 1 aliphatic rings. The van der Waals surface area contributed by atoms with E-state index in [-0.39, 0.29) is 11.7 Å². The summed E-state index contributed by atoms with van der Waals surface area (Å²) in [5.41, 5.74) is 2.60. The number of rotatable bonds is 4. The van der Waals surface area contributed by atoms with Gasteiger partial charge in [-0.1, -0.05) is 54.6 Å². The van der Waals surface area contributed by atoms with Gasteiger partial charge in [-0.05, 0) is 34.9 Å². The summed E-state index contributed by atoms with van der Waals surface area (Å²) >= 11 is 0. The van der Waals surface area contributed by atoms with E-state index >= 15 is 0 Å². The largest absolute Gasteiger partial charge is 0.496 e. The zero-order valence-electron chi connectivity index (χ0n) is 14.9. The highest BCUT2D eigenvalue weighted by atomic mass is 16.5. The molecule has 0 spiro atoms. The molecule has 3 nitrogen and oxygen atoms in total. The van der Waals surface area contributed by atoms with Crippen molar-refractivity contribution in [3.05, 3.63) is 89.2 Å². The molecule has 0 radical (unpaired) electrons. The van der Waals surface area contributed by atoms with Crippen LogP contribution >= 0.6 is 0 Å². The fourth-order valence-electron chi connectivity index (χ4n) is 3.71. The number of hydrogen-bond donors (Lipinski definition) is 0. The van der Waals surface area contributed by atoms with E-state index in [0.29, 0.717) is 23.5 Å². The predicted molar refractivity (Wildman–Crippen MR) is 103 cm³/mol. The molecule has 0 amide bonds. The third-order valence-electron chi connectivity index (χ3n) is 4.96. The highest BCUT2D eigenvalue weighted by Gasteiger charge is 2.36. The van der Waals surface area contributed by atoms with Gasteiger partial charge in [0.2, 0.25) is 0 Å². The molecule has 0 bridgehead atoms. The quantitative estimate of drug-likeness (QED) is 0.678. The molecule has 0 aliphatic heterocycles. The third-order valence-corrected chi connectivity index (χ3v) is 4.96. The number of ketones is 1. The first-order valence-electron chi connectivity index (χ1n) is 8.66. The van der Waals surface area contributed by atoms with Crippen LogP contribution < -0.4 is 0 Å². The zero-order chi connectivity index (χ0) is 18.1. The van der Waals surface area contributed by atoms with E-state index in [9.17, 15) is 4.79 Å². The molecule has 1 unspecified atom stereocenters. The molecule has 1 aliphatic carbocycles. The molecule has 3 heteroatoms. The molecule has 130 valence electrons. The summed E-state index contributed by atoms with van der Waals surface area (Å²) in [6, 6.07) is 22.0. The van der Waals surface area contributed by atoms with Crippen molar-refractivity contribution >= 4 is 22.3 Å². The van der Waals surface area contributed by atoms with Crippen molar-refractivity contribution in [2.45, 2.75) is 6.42 Å². The molecule has 3 aromatic rings. The first-order valence-corrected chi connectivity index (χ1v) is 8.66. The Morgan fingerprint density at radius 2 is 1.42 bits per heavy atom. The average molecular weight is 344 g/mol. The molecule has 0 saturated heterocycles. The minimum absolute atomic E-state index is 0.0762. The van der Waals surface area contributed by atoms with Crippen LogP contribution in [0.15, 0.2) is 72.5 Å². The number of benzene rings is 3. The van der Waals surface area contributed by atoms with E-state index in [1.165, 1.54) is 0 Å². The van der Waals surface area contributed by atoms with Gasteiger partial charge in [0.25, 0.3) is 0 Å². The topological polar surface area (TPSA) is 35.5 Å². The summed E-state index contributed by atoms with van der Waals surface area (Å²) in [6.45, 7) is 0. The summed E-state index contributed by atoms with van der Waals surface area (Å²) < 4.78 is 11.3. The van der Waals surface area contributed by atoms with Gasteiger partial charge in [0.15, 0.2) is 11.5 Å². The maximum absolute atomic E-state index is 13.3. The Labute approximate surface area is 152 Å². The van der Waals surface area contributed by atoms with E-state index in [2.05, 4.69) is 0 Å². The van der Waals surface area contributed by atoms with Crippen molar-refractivity contribution in [3.8, 4) is 0 Å². The lowest BCUT2D eigenvalue weighted by molar-refractivity contribution is 0.0883. The van der Waals surface area contributed by atoms with Crippen molar-refractivity contribution in [1.82, 2.24) is 0 Å². The van der Waals surface area contributed by atoms with Crippen LogP contribution in [-0.4, -0.2) is 20.0 Å². The Balaban J connectivity index is 1.89. The fourth-order valence-corrected chi connectivity index (χ4v) is 3.71. The Hall–Kier alpha value is -3.07. The second-order valence-corrected chi connectivity index (χ2v) is 6.45. The van der Waals surface area contributed by atoms with Gasteiger partial charge in [0, 0.05) is 11.1 Å². The first kappa shape index (κ1) is 16.4. The van der Waals surface area contributed by atoms with Crippen LogP contribution in [0.25, 0.3) is 16.5 Å². The van der Waals surface area contributed by atoms with Gasteiger partial charge in [-0.15, -0.1) is 0 Å². The summed E-state index contributed by atoms with van der Waals surface area (Å²) in [5.74, 6) is 0.941.